The summed E-state index contributed by atoms with van der Waals surface area (Å²) in [5, 5.41) is 31.7. The number of aliphatic hydroxyl groups excluding tert-OH is 1. The van der Waals surface area contributed by atoms with Crippen molar-refractivity contribution in [3.63, 3.8) is 0 Å². The standard InChI is InChI=1S/C25H34BNO7/c1-24(2,3)33-22(29)20(27-23(30)34-25(4,5)6)15-16-7-9-17(10-8-16)21(28)18-11-13-19(14-12-18)26(31)32/h7-14,20-21,28,31-32H,15H2,1-6H3,(H,27,30)/t20-,21?/m0/s1. The SMILES string of the molecule is CC(C)(C)OC(=O)N[C@@H](Cc1ccc(C(O)c2ccc(B(O)O)cc2)cc1)C(=O)OC(C)(C)C. The van der Waals surface area contributed by atoms with Gasteiger partial charge in [-0.2, -0.15) is 0 Å². The highest BCUT2D eigenvalue weighted by Gasteiger charge is 2.29. The maximum atomic E-state index is 12.7. The van der Waals surface area contributed by atoms with E-state index in [0.29, 0.717) is 16.6 Å². The van der Waals surface area contributed by atoms with Crippen LogP contribution in [-0.4, -0.2) is 51.6 Å². The zero-order valence-electron chi connectivity index (χ0n) is 20.5. The number of nitrogens with one attached hydrogen (secondary N) is 1. The molecule has 1 amide bonds. The fraction of sp³-hybridized carbons (Fsp3) is 0.440. The van der Waals surface area contributed by atoms with E-state index in [4.69, 9.17) is 9.47 Å². The van der Waals surface area contributed by atoms with E-state index in [9.17, 15) is 24.7 Å². The first-order valence-corrected chi connectivity index (χ1v) is 11.1. The molecule has 2 aromatic carbocycles. The number of alkyl carbamates (subject to hydrolysis) is 1. The maximum Gasteiger partial charge on any atom is 0.488 e. The number of hydrogen-bond donors (Lipinski definition) is 4. The van der Waals surface area contributed by atoms with Crippen LogP contribution in [0.25, 0.3) is 0 Å². The number of benzene rings is 2. The lowest BCUT2D eigenvalue weighted by Gasteiger charge is -2.26. The lowest BCUT2D eigenvalue weighted by Crippen LogP contribution is -2.47. The molecule has 0 aliphatic carbocycles. The van der Waals surface area contributed by atoms with Crippen LogP contribution in [-0.2, 0) is 20.7 Å². The predicted molar refractivity (Wildman–Crippen MR) is 129 cm³/mol. The monoisotopic (exact) mass is 471 g/mol. The van der Waals surface area contributed by atoms with Gasteiger partial charge >= 0.3 is 19.2 Å². The number of rotatable bonds is 7. The van der Waals surface area contributed by atoms with Gasteiger partial charge in [-0.05, 0) is 63.7 Å². The Hall–Kier alpha value is -2.88. The second-order valence-electron chi connectivity index (χ2n) is 10.1. The zero-order chi connectivity index (χ0) is 25.7. The molecule has 8 nitrogen and oxygen atoms in total. The minimum Gasteiger partial charge on any atom is -0.458 e. The van der Waals surface area contributed by atoms with E-state index < -0.39 is 42.5 Å². The van der Waals surface area contributed by atoms with E-state index in [2.05, 4.69) is 5.32 Å². The van der Waals surface area contributed by atoms with E-state index in [1.54, 1.807) is 77.9 Å². The first-order valence-electron chi connectivity index (χ1n) is 11.1. The van der Waals surface area contributed by atoms with Gasteiger partial charge in [0.05, 0.1) is 0 Å². The molecule has 2 atom stereocenters. The number of carbonyl (C=O) groups excluding carboxylic acids is 2. The van der Waals surface area contributed by atoms with Gasteiger partial charge < -0.3 is 29.9 Å². The third-order valence-corrected chi connectivity index (χ3v) is 4.67. The Bertz CT molecular complexity index is 961. The van der Waals surface area contributed by atoms with Crippen molar-refractivity contribution in [3.8, 4) is 0 Å². The number of carbonyl (C=O) groups is 2. The van der Waals surface area contributed by atoms with Gasteiger partial charge in [0, 0.05) is 6.42 Å². The van der Waals surface area contributed by atoms with Gasteiger partial charge in [-0.1, -0.05) is 48.5 Å². The summed E-state index contributed by atoms with van der Waals surface area (Å²) in [5.41, 5.74) is 0.859. The molecule has 2 rings (SSSR count). The highest BCUT2D eigenvalue weighted by Crippen LogP contribution is 2.22. The summed E-state index contributed by atoms with van der Waals surface area (Å²) >= 11 is 0. The topological polar surface area (TPSA) is 125 Å². The minimum absolute atomic E-state index is 0.174. The molecule has 1 unspecified atom stereocenters. The molecule has 4 N–H and O–H groups in total. The Balaban J connectivity index is 2.15. The Labute approximate surface area is 201 Å². The summed E-state index contributed by atoms with van der Waals surface area (Å²) in [6, 6.07) is 12.3. The van der Waals surface area contributed by atoms with Crippen molar-refractivity contribution in [1.29, 1.82) is 0 Å². The molecule has 0 fully saturated rings. The van der Waals surface area contributed by atoms with Crippen molar-refractivity contribution < 1.29 is 34.2 Å². The third-order valence-electron chi connectivity index (χ3n) is 4.67. The summed E-state index contributed by atoms with van der Waals surface area (Å²) in [4.78, 5) is 25.0. The molecule has 0 saturated heterocycles. The van der Waals surface area contributed by atoms with Crippen LogP contribution >= 0.6 is 0 Å². The predicted octanol–water partition coefficient (Wildman–Crippen LogP) is 2.23. The number of aliphatic hydroxyl groups is 1. The average Bonchev–Trinajstić information content (AvgIpc) is 2.70. The van der Waals surface area contributed by atoms with Crippen LogP contribution < -0.4 is 10.8 Å². The lowest BCUT2D eigenvalue weighted by atomic mass is 9.80. The van der Waals surface area contributed by atoms with Crippen LogP contribution in [0, 0.1) is 0 Å². The van der Waals surface area contributed by atoms with Gasteiger partial charge in [0.2, 0.25) is 0 Å². The fourth-order valence-electron chi connectivity index (χ4n) is 3.13. The van der Waals surface area contributed by atoms with Gasteiger partial charge in [-0.25, -0.2) is 9.59 Å². The quantitative estimate of drug-likeness (QED) is 0.361. The van der Waals surface area contributed by atoms with E-state index in [-0.39, 0.29) is 6.42 Å². The highest BCUT2D eigenvalue weighted by atomic mass is 16.6. The van der Waals surface area contributed by atoms with Crippen molar-refractivity contribution in [2.45, 2.75) is 71.3 Å². The Morgan fingerprint density at radius 2 is 1.32 bits per heavy atom. The normalized spacial score (nSPS) is 13.6. The second kappa shape index (κ2) is 11.0. The highest BCUT2D eigenvalue weighted by molar-refractivity contribution is 6.58. The molecule has 0 bridgehead atoms. The van der Waals surface area contributed by atoms with Crippen LogP contribution in [0.2, 0.25) is 0 Å². The van der Waals surface area contributed by atoms with Crippen molar-refractivity contribution in [1.82, 2.24) is 5.32 Å². The minimum atomic E-state index is -1.57. The van der Waals surface area contributed by atoms with Crippen LogP contribution in [0.15, 0.2) is 48.5 Å². The van der Waals surface area contributed by atoms with Crippen LogP contribution in [0.1, 0.15) is 64.3 Å². The summed E-state index contributed by atoms with van der Waals surface area (Å²) in [6.07, 6.45) is -1.46. The summed E-state index contributed by atoms with van der Waals surface area (Å²) < 4.78 is 10.8. The van der Waals surface area contributed by atoms with E-state index >= 15 is 0 Å². The van der Waals surface area contributed by atoms with Crippen LogP contribution in [0.5, 0.6) is 0 Å². The molecule has 9 heteroatoms. The molecule has 34 heavy (non-hydrogen) atoms. The third kappa shape index (κ3) is 8.81. The van der Waals surface area contributed by atoms with Crippen molar-refractivity contribution >= 4 is 24.6 Å². The van der Waals surface area contributed by atoms with Crippen molar-refractivity contribution in [2.75, 3.05) is 0 Å². The molecule has 0 saturated carbocycles. The molecule has 0 aromatic heterocycles. The smallest absolute Gasteiger partial charge is 0.458 e. The Morgan fingerprint density at radius 1 is 0.853 bits per heavy atom. The Morgan fingerprint density at radius 3 is 1.76 bits per heavy atom. The molecule has 184 valence electrons. The summed E-state index contributed by atoms with van der Waals surface area (Å²) in [6.45, 7) is 10.5. The van der Waals surface area contributed by atoms with Crippen molar-refractivity contribution in [3.05, 3.63) is 65.2 Å². The Kier molecular flexibility index (Phi) is 8.88. The molecule has 0 radical (unpaired) electrons. The van der Waals surface area contributed by atoms with Gasteiger partial charge in [0.1, 0.15) is 23.3 Å². The molecular weight excluding hydrogens is 437 g/mol. The molecule has 0 spiro atoms. The molecule has 2 aromatic rings. The van der Waals surface area contributed by atoms with Gasteiger partial charge in [0.15, 0.2) is 0 Å². The number of ether oxygens (including phenoxy) is 2. The van der Waals surface area contributed by atoms with Crippen LogP contribution in [0.4, 0.5) is 4.79 Å². The van der Waals surface area contributed by atoms with Gasteiger partial charge in [0.25, 0.3) is 0 Å². The lowest BCUT2D eigenvalue weighted by molar-refractivity contribution is -0.157. The van der Waals surface area contributed by atoms with Crippen molar-refractivity contribution in [2.24, 2.45) is 0 Å². The first-order chi connectivity index (χ1) is 15.6. The fourth-order valence-corrected chi connectivity index (χ4v) is 3.13. The zero-order valence-corrected chi connectivity index (χ0v) is 20.5. The molecule has 0 aliphatic rings. The first kappa shape index (κ1) is 27.4. The maximum absolute atomic E-state index is 12.7. The molecule has 0 aliphatic heterocycles. The number of esters is 1. The second-order valence-corrected chi connectivity index (χ2v) is 10.1. The van der Waals surface area contributed by atoms with Gasteiger partial charge in [-0.15, -0.1) is 0 Å². The van der Waals surface area contributed by atoms with Crippen LogP contribution in [0.3, 0.4) is 0 Å². The molecule has 0 heterocycles. The molecular formula is C25H34BNO7. The van der Waals surface area contributed by atoms with Gasteiger partial charge in [-0.3, -0.25) is 0 Å². The summed E-state index contributed by atoms with van der Waals surface area (Å²) in [5.74, 6) is -0.575. The average molecular weight is 471 g/mol. The summed E-state index contributed by atoms with van der Waals surface area (Å²) in [7, 11) is -1.57. The van der Waals surface area contributed by atoms with E-state index in [1.807, 2.05) is 0 Å². The van der Waals surface area contributed by atoms with E-state index in [1.165, 1.54) is 12.1 Å². The number of amides is 1. The largest absolute Gasteiger partial charge is 0.488 e. The van der Waals surface area contributed by atoms with E-state index in [0.717, 1.165) is 5.56 Å². The number of hydrogen-bond acceptors (Lipinski definition) is 7.